The zero-order valence-electron chi connectivity index (χ0n) is 21.5. The maximum Gasteiger partial charge on any atom is 0.223 e. The van der Waals surface area contributed by atoms with Crippen molar-refractivity contribution in [1.82, 2.24) is 10.3 Å². The first-order chi connectivity index (χ1) is 16.4. The molecule has 0 saturated heterocycles. The fraction of sp³-hybridized carbons (Fsp3) is 0.654. The summed E-state index contributed by atoms with van der Waals surface area (Å²) >= 11 is 6.57. The Labute approximate surface area is 212 Å². The van der Waals surface area contributed by atoms with Gasteiger partial charge in [-0.3, -0.25) is 9.59 Å². The van der Waals surface area contributed by atoms with Crippen LogP contribution in [0.15, 0.2) is 27.4 Å². The van der Waals surface area contributed by atoms with Gasteiger partial charge >= 0.3 is 0 Å². The topological polar surface area (TPSA) is 122 Å². The van der Waals surface area contributed by atoms with Crippen molar-refractivity contribution in [2.45, 2.75) is 91.6 Å². The number of aliphatic hydroxyl groups is 2. The summed E-state index contributed by atoms with van der Waals surface area (Å²) in [7, 11) is 0. The monoisotopic (exact) mass is 510 g/mol. The summed E-state index contributed by atoms with van der Waals surface area (Å²) in [5, 5.41) is 24.9. The van der Waals surface area contributed by atoms with Crippen LogP contribution in [0.25, 0.3) is 6.08 Å². The van der Waals surface area contributed by atoms with E-state index < -0.39 is 41.6 Å². The molecule has 1 aliphatic heterocycles. The molecule has 0 radical (unpaired) electrons. The first-order valence-corrected chi connectivity index (χ1v) is 12.5. The minimum Gasteiger partial charge on any atom is -0.449 e. The molecule has 1 amide bonds. The van der Waals surface area contributed by atoms with Gasteiger partial charge in [0.15, 0.2) is 5.89 Å². The van der Waals surface area contributed by atoms with Gasteiger partial charge in [-0.05, 0) is 39.2 Å². The Morgan fingerprint density at radius 3 is 2.60 bits per heavy atom. The first kappa shape index (κ1) is 29.2. The fourth-order valence-corrected chi connectivity index (χ4v) is 4.34. The standard InChI is InChI=1S/C26H39ClN2O6/c1-7-19-24(32)16(3)34-11-10-15(2)8-9-21(20(27)12-18-14-35-17(4)28-18)29-23(31)13-22(30)26(5,6)25(19)33/h8,12,14,16,19,21-22,24,30,32H,7,9-11,13H2,1-6H3,(H,29,31)/b15-8-,20-12-/t16-,19-,21+,22+,24-/m1/s1. The summed E-state index contributed by atoms with van der Waals surface area (Å²) in [4.78, 5) is 30.5. The van der Waals surface area contributed by atoms with Gasteiger partial charge in [0, 0.05) is 17.9 Å². The molecule has 2 heterocycles. The number of carbonyl (C=O) groups excluding carboxylic acids is 2. The smallest absolute Gasteiger partial charge is 0.223 e. The number of nitrogens with one attached hydrogen (secondary N) is 1. The summed E-state index contributed by atoms with van der Waals surface area (Å²) in [6.07, 6.45) is 3.40. The molecule has 35 heavy (non-hydrogen) atoms. The second-order valence-corrected chi connectivity index (χ2v) is 10.3. The van der Waals surface area contributed by atoms with E-state index in [4.69, 9.17) is 20.8 Å². The van der Waals surface area contributed by atoms with Crippen molar-refractivity contribution in [2.24, 2.45) is 11.3 Å². The van der Waals surface area contributed by atoms with Crippen molar-refractivity contribution < 1.29 is 29.0 Å². The number of aryl methyl sites for hydroxylation is 1. The average molecular weight is 511 g/mol. The number of ether oxygens (including phenoxy) is 1. The van der Waals surface area contributed by atoms with Gasteiger partial charge in [-0.1, -0.05) is 44.0 Å². The van der Waals surface area contributed by atoms with E-state index in [1.807, 2.05) is 19.9 Å². The number of hydrogen-bond donors (Lipinski definition) is 3. The highest BCUT2D eigenvalue weighted by atomic mass is 35.5. The number of halogens is 1. The van der Waals surface area contributed by atoms with Crippen molar-refractivity contribution >= 4 is 29.4 Å². The van der Waals surface area contributed by atoms with Gasteiger partial charge in [0.05, 0.1) is 42.8 Å². The van der Waals surface area contributed by atoms with Crippen LogP contribution >= 0.6 is 11.6 Å². The maximum absolute atomic E-state index is 13.3. The molecule has 196 valence electrons. The number of nitrogens with zero attached hydrogens (tertiary/aromatic N) is 1. The number of aromatic nitrogens is 1. The normalized spacial score (nSPS) is 31.5. The number of rotatable bonds is 3. The molecular formula is C26H39ClN2O6. The molecule has 2 rings (SSSR count). The maximum atomic E-state index is 13.3. The van der Waals surface area contributed by atoms with Crippen molar-refractivity contribution in [3.63, 3.8) is 0 Å². The fourth-order valence-electron chi connectivity index (χ4n) is 4.09. The molecule has 0 aliphatic carbocycles. The van der Waals surface area contributed by atoms with Crippen LogP contribution in [0, 0.1) is 18.3 Å². The predicted molar refractivity (Wildman–Crippen MR) is 135 cm³/mol. The highest BCUT2D eigenvalue weighted by Gasteiger charge is 2.43. The van der Waals surface area contributed by atoms with Gasteiger partial charge in [-0.2, -0.15) is 0 Å². The molecule has 0 fully saturated rings. The molecule has 0 bridgehead atoms. The van der Waals surface area contributed by atoms with Gasteiger partial charge in [0.2, 0.25) is 5.91 Å². The van der Waals surface area contributed by atoms with Crippen molar-refractivity contribution in [2.75, 3.05) is 6.61 Å². The van der Waals surface area contributed by atoms with E-state index in [1.54, 1.807) is 33.8 Å². The molecule has 0 aromatic carbocycles. The molecule has 1 aliphatic rings. The van der Waals surface area contributed by atoms with Gasteiger partial charge in [0.1, 0.15) is 17.7 Å². The third-order valence-electron chi connectivity index (χ3n) is 6.69. The number of oxazole rings is 1. The quantitative estimate of drug-likeness (QED) is 0.526. The second kappa shape index (κ2) is 12.8. The Kier molecular flexibility index (Phi) is 10.7. The Morgan fingerprint density at radius 2 is 2.00 bits per heavy atom. The molecule has 5 atom stereocenters. The summed E-state index contributed by atoms with van der Waals surface area (Å²) < 4.78 is 11.1. The molecule has 1 aromatic rings. The highest BCUT2D eigenvalue weighted by molar-refractivity contribution is 6.32. The number of carbonyl (C=O) groups is 2. The Morgan fingerprint density at radius 1 is 1.31 bits per heavy atom. The molecule has 3 N–H and O–H groups in total. The zero-order chi connectivity index (χ0) is 26.3. The van der Waals surface area contributed by atoms with Crippen molar-refractivity contribution in [3.8, 4) is 0 Å². The summed E-state index contributed by atoms with van der Waals surface area (Å²) in [6.45, 7) is 10.8. The Hall–Kier alpha value is -2.00. The SMILES string of the molecule is CC[C@H]1C(=O)C(C)(C)[C@@H](O)CC(=O)N[C@H](/C(Cl)=C/c2coc(C)n2)C/C=C(/C)CCO[C@H](C)[C@H]1O. The minimum absolute atomic E-state index is 0.288. The number of amides is 1. The summed E-state index contributed by atoms with van der Waals surface area (Å²) in [5.41, 5.74) is 0.316. The average Bonchev–Trinajstić information content (AvgIpc) is 3.20. The van der Waals surface area contributed by atoms with E-state index in [2.05, 4.69) is 10.3 Å². The van der Waals surface area contributed by atoms with E-state index >= 15 is 0 Å². The van der Waals surface area contributed by atoms with Crippen LogP contribution in [-0.4, -0.2) is 57.8 Å². The number of hydrogen-bond acceptors (Lipinski definition) is 7. The van der Waals surface area contributed by atoms with Crippen molar-refractivity contribution in [1.29, 1.82) is 0 Å². The third-order valence-corrected chi connectivity index (χ3v) is 7.06. The minimum atomic E-state index is -1.25. The van der Waals surface area contributed by atoms with Crippen LogP contribution < -0.4 is 5.32 Å². The van der Waals surface area contributed by atoms with Gasteiger partial charge in [-0.25, -0.2) is 4.98 Å². The van der Waals surface area contributed by atoms with Crippen molar-refractivity contribution in [3.05, 3.63) is 34.5 Å². The van der Waals surface area contributed by atoms with Crippen LogP contribution in [0.3, 0.4) is 0 Å². The molecular weight excluding hydrogens is 472 g/mol. The lowest BCUT2D eigenvalue weighted by molar-refractivity contribution is -0.147. The lowest BCUT2D eigenvalue weighted by Gasteiger charge is -2.35. The van der Waals surface area contributed by atoms with E-state index in [0.29, 0.717) is 42.5 Å². The first-order valence-electron chi connectivity index (χ1n) is 12.1. The highest BCUT2D eigenvalue weighted by Crippen LogP contribution is 2.32. The molecule has 8 nitrogen and oxygen atoms in total. The van der Waals surface area contributed by atoms with Crippen LogP contribution in [-0.2, 0) is 14.3 Å². The summed E-state index contributed by atoms with van der Waals surface area (Å²) in [5.74, 6) is -0.964. The van der Waals surface area contributed by atoms with Gasteiger partial charge in [-0.15, -0.1) is 0 Å². The number of aliphatic hydroxyl groups excluding tert-OH is 2. The van der Waals surface area contributed by atoms with Gasteiger partial charge in [0.25, 0.3) is 0 Å². The zero-order valence-corrected chi connectivity index (χ0v) is 22.3. The second-order valence-electron chi connectivity index (χ2n) is 9.86. The molecule has 0 unspecified atom stereocenters. The lowest BCUT2D eigenvalue weighted by atomic mass is 9.72. The van der Waals surface area contributed by atoms with E-state index in [0.717, 1.165) is 5.57 Å². The largest absolute Gasteiger partial charge is 0.449 e. The van der Waals surface area contributed by atoms with E-state index in [-0.39, 0.29) is 12.2 Å². The Balaban J connectivity index is 2.35. The van der Waals surface area contributed by atoms with Crippen LogP contribution in [0.2, 0.25) is 0 Å². The van der Waals surface area contributed by atoms with Crippen LogP contribution in [0.1, 0.15) is 71.9 Å². The number of Topliss-reactive ketones (excluding diaryl/α,β-unsaturated/α-hetero) is 1. The molecule has 9 heteroatoms. The van der Waals surface area contributed by atoms with Crippen LogP contribution in [0.5, 0.6) is 0 Å². The molecule has 0 spiro atoms. The molecule has 0 saturated carbocycles. The Bertz CT molecular complexity index is 938. The van der Waals surface area contributed by atoms with Gasteiger partial charge < -0.3 is 24.7 Å². The number of ketones is 1. The summed E-state index contributed by atoms with van der Waals surface area (Å²) in [6, 6.07) is -0.555. The molecule has 1 aromatic heterocycles. The lowest BCUT2D eigenvalue weighted by Crippen LogP contribution is -2.48. The predicted octanol–water partition coefficient (Wildman–Crippen LogP) is 3.93. The third kappa shape index (κ3) is 8.00. The van der Waals surface area contributed by atoms with Crippen LogP contribution in [0.4, 0.5) is 0 Å². The van der Waals surface area contributed by atoms with E-state index in [9.17, 15) is 19.8 Å². The van der Waals surface area contributed by atoms with E-state index in [1.165, 1.54) is 6.26 Å².